The van der Waals surface area contributed by atoms with E-state index in [1.54, 1.807) is 0 Å². The molecule has 3 unspecified atom stereocenters. The number of rotatable bonds is 3. The highest BCUT2D eigenvalue weighted by Crippen LogP contribution is 2.37. The van der Waals surface area contributed by atoms with Crippen molar-refractivity contribution < 1.29 is 5.11 Å². The topological polar surface area (TPSA) is 26.7 Å². The molecule has 1 saturated heterocycles. The zero-order valence-electron chi connectivity index (χ0n) is 9.32. The molecule has 0 aromatic heterocycles. The Hall–Kier alpha value is -0.120. The lowest BCUT2D eigenvalue weighted by Gasteiger charge is -2.20. The van der Waals surface area contributed by atoms with Gasteiger partial charge >= 0.3 is 0 Å². The minimum Gasteiger partial charge on any atom is -0.393 e. The number of aliphatic hydroxyl groups is 1. The molecule has 1 aliphatic heterocycles. The first-order chi connectivity index (χ1) is 6.66. The maximum atomic E-state index is 9.76. The van der Waals surface area contributed by atoms with Crippen molar-refractivity contribution in [1.29, 1.82) is 0 Å². The maximum Gasteiger partial charge on any atom is 0.0583 e. The van der Waals surface area contributed by atoms with Gasteiger partial charge in [-0.3, -0.25) is 0 Å². The van der Waals surface area contributed by atoms with Gasteiger partial charge in [0.25, 0.3) is 0 Å². The van der Waals surface area contributed by atoms with Crippen LogP contribution in [0.25, 0.3) is 0 Å². The van der Waals surface area contributed by atoms with Crippen molar-refractivity contribution in [2.75, 3.05) is 40.3 Å². The molecule has 2 aliphatic rings. The minimum atomic E-state index is -0.00986. The lowest BCUT2D eigenvalue weighted by atomic mass is 10.00. The summed E-state index contributed by atoms with van der Waals surface area (Å²) in [5, 5.41) is 9.76. The molecule has 82 valence electrons. The molecule has 14 heavy (non-hydrogen) atoms. The summed E-state index contributed by atoms with van der Waals surface area (Å²) in [6.07, 6.45) is 2.27. The summed E-state index contributed by atoms with van der Waals surface area (Å²) >= 11 is 0. The lowest BCUT2D eigenvalue weighted by molar-refractivity contribution is 0.123. The van der Waals surface area contributed by atoms with Gasteiger partial charge in [-0.15, -0.1) is 0 Å². The van der Waals surface area contributed by atoms with E-state index in [4.69, 9.17) is 0 Å². The van der Waals surface area contributed by atoms with Crippen molar-refractivity contribution in [2.24, 2.45) is 11.8 Å². The van der Waals surface area contributed by atoms with Gasteiger partial charge in [-0.25, -0.2) is 0 Å². The smallest absolute Gasteiger partial charge is 0.0583 e. The van der Waals surface area contributed by atoms with Crippen molar-refractivity contribution in [3.8, 4) is 0 Å². The van der Waals surface area contributed by atoms with Gasteiger partial charge in [0, 0.05) is 32.1 Å². The van der Waals surface area contributed by atoms with Gasteiger partial charge in [-0.1, -0.05) is 0 Å². The van der Waals surface area contributed by atoms with Crippen LogP contribution in [-0.2, 0) is 0 Å². The van der Waals surface area contributed by atoms with Crippen LogP contribution in [0.5, 0.6) is 0 Å². The Kier molecular flexibility index (Phi) is 3.10. The predicted molar refractivity (Wildman–Crippen MR) is 57.2 cm³/mol. The Balaban J connectivity index is 1.78. The number of aliphatic hydroxyl groups excluding tert-OH is 1. The van der Waals surface area contributed by atoms with E-state index in [-0.39, 0.29) is 6.10 Å². The molecular weight excluding hydrogens is 176 g/mol. The molecule has 1 aliphatic carbocycles. The van der Waals surface area contributed by atoms with E-state index in [0.29, 0.717) is 5.92 Å². The molecule has 0 aromatic rings. The van der Waals surface area contributed by atoms with Crippen molar-refractivity contribution >= 4 is 0 Å². The van der Waals surface area contributed by atoms with Gasteiger partial charge in [0.15, 0.2) is 0 Å². The molecule has 1 N–H and O–H groups in total. The van der Waals surface area contributed by atoms with Gasteiger partial charge in [0.1, 0.15) is 0 Å². The molecule has 0 radical (unpaired) electrons. The van der Waals surface area contributed by atoms with Gasteiger partial charge < -0.3 is 14.9 Å². The zero-order chi connectivity index (χ0) is 10.1. The maximum absolute atomic E-state index is 9.76. The number of likely N-dealkylation sites (tertiary alicyclic amines) is 1. The number of likely N-dealkylation sites (N-methyl/N-ethyl adjacent to an activating group) is 1. The first-order valence-electron chi connectivity index (χ1n) is 5.72. The summed E-state index contributed by atoms with van der Waals surface area (Å²) in [5.74, 6) is 1.37. The van der Waals surface area contributed by atoms with Crippen LogP contribution in [-0.4, -0.2) is 61.3 Å². The first-order valence-corrected chi connectivity index (χ1v) is 5.72. The third kappa shape index (κ3) is 2.10. The molecule has 0 spiro atoms. The van der Waals surface area contributed by atoms with Crippen LogP contribution in [0.15, 0.2) is 0 Å². The zero-order valence-corrected chi connectivity index (χ0v) is 9.32. The van der Waals surface area contributed by atoms with Crippen LogP contribution in [0, 0.1) is 11.8 Å². The average Bonchev–Trinajstić information content (AvgIpc) is 2.65. The summed E-state index contributed by atoms with van der Waals surface area (Å²) in [7, 11) is 4.23. The molecule has 2 rings (SSSR count). The first kappa shape index (κ1) is 10.4. The van der Waals surface area contributed by atoms with Gasteiger partial charge in [-0.2, -0.15) is 0 Å². The molecular formula is C11H22N2O. The fourth-order valence-electron chi connectivity index (χ4n) is 2.85. The second-order valence-electron chi connectivity index (χ2n) is 5.13. The molecule has 2 fully saturated rings. The van der Waals surface area contributed by atoms with Crippen LogP contribution >= 0.6 is 0 Å². The molecule has 0 bridgehead atoms. The highest BCUT2D eigenvalue weighted by Gasteiger charge is 2.41. The van der Waals surface area contributed by atoms with E-state index in [1.807, 2.05) is 0 Å². The number of hydrogen-bond donors (Lipinski definition) is 1. The van der Waals surface area contributed by atoms with E-state index in [9.17, 15) is 5.11 Å². The normalized spacial score (nSPS) is 38.1. The number of nitrogens with zero attached hydrogens (tertiary/aromatic N) is 2. The Morgan fingerprint density at radius 2 is 2.07 bits per heavy atom. The fourth-order valence-corrected chi connectivity index (χ4v) is 2.85. The number of hydrogen-bond acceptors (Lipinski definition) is 3. The van der Waals surface area contributed by atoms with E-state index in [0.717, 1.165) is 32.0 Å². The SMILES string of the molecule is CN(C)CCN1CC2CCC(O)C2C1. The lowest BCUT2D eigenvalue weighted by Crippen LogP contribution is -2.31. The van der Waals surface area contributed by atoms with E-state index in [1.165, 1.54) is 13.0 Å². The highest BCUT2D eigenvalue weighted by molar-refractivity contribution is 4.93. The summed E-state index contributed by atoms with van der Waals surface area (Å²) in [6, 6.07) is 0. The standard InChI is InChI=1S/C11H22N2O/c1-12(2)5-6-13-7-9-3-4-11(14)10(9)8-13/h9-11,14H,3-8H2,1-2H3. The molecule has 0 amide bonds. The Morgan fingerprint density at radius 1 is 1.29 bits per heavy atom. The Morgan fingerprint density at radius 3 is 2.71 bits per heavy atom. The largest absolute Gasteiger partial charge is 0.393 e. The molecule has 3 heteroatoms. The summed E-state index contributed by atoms with van der Waals surface area (Å²) < 4.78 is 0. The fraction of sp³-hybridized carbons (Fsp3) is 1.00. The van der Waals surface area contributed by atoms with Crippen molar-refractivity contribution in [3.63, 3.8) is 0 Å². The third-order valence-electron chi connectivity index (χ3n) is 3.76. The van der Waals surface area contributed by atoms with Gasteiger partial charge in [0.05, 0.1) is 6.10 Å². The summed E-state index contributed by atoms with van der Waals surface area (Å²) in [5.41, 5.74) is 0. The van der Waals surface area contributed by atoms with E-state index in [2.05, 4.69) is 23.9 Å². The average molecular weight is 198 g/mol. The molecule has 3 atom stereocenters. The quantitative estimate of drug-likeness (QED) is 0.704. The van der Waals surface area contributed by atoms with Crippen LogP contribution in [0.3, 0.4) is 0 Å². The van der Waals surface area contributed by atoms with Gasteiger partial charge in [0.2, 0.25) is 0 Å². The summed E-state index contributed by atoms with van der Waals surface area (Å²) in [4.78, 5) is 4.74. The molecule has 3 nitrogen and oxygen atoms in total. The van der Waals surface area contributed by atoms with Crippen molar-refractivity contribution in [2.45, 2.75) is 18.9 Å². The van der Waals surface area contributed by atoms with E-state index >= 15 is 0 Å². The second-order valence-corrected chi connectivity index (χ2v) is 5.13. The molecule has 1 saturated carbocycles. The van der Waals surface area contributed by atoms with Crippen LogP contribution < -0.4 is 0 Å². The molecule has 1 heterocycles. The monoisotopic (exact) mass is 198 g/mol. The van der Waals surface area contributed by atoms with Gasteiger partial charge in [-0.05, 0) is 32.9 Å². The van der Waals surface area contributed by atoms with Crippen molar-refractivity contribution in [1.82, 2.24) is 9.80 Å². The van der Waals surface area contributed by atoms with Crippen LogP contribution in [0.1, 0.15) is 12.8 Å². The number of fused-ring (bicyclic) bond motifs is 1. The predicted octanol–water partition coefficient (Wildman–Crippen LogP) is 0.251. The highest BCUT2D eigenvalue weighted by atomic mass is 16.3. The van der Waals surface area contributed by atoms with Crippen LogP contribution in [0.2, 0.25) is 0 Å². The molecule has 0 aromatic carbocycles. The third-order valence-corrected chi connectivity index (χ3v) is 3.76. The Bertz CT molecular complexity index is 196. The minimum absolute atomic E-state index is 0.00986. The second kappa shape index (κ2) is 4.17. The van der Waals surface area contributed by atoms with Crippen LogP contribution in [0.4, 0.5) is 0 Å². The van der Waals surface area contributed by atoms with Crippen molar-refractivity contribution in [3.05, 3.63) is 0 Å². The van der Waals surface area contributed by atoms with E-state index < -0.39 is 0 Å². The Labute approximate surface area is 86.7 Å². The summed E-state index contributed by atoms with van der Waals surface area (Å²) in [6.45, 7) is 4.64.